The van der Waals surface area contributed by atoms with Crippen LogP contribution in [0, 0.1) is 11.3 Å². The fourth-order valence-corrected chi connectivity index (χ4v) is 2.99. The van der Waals surface area contributed by atoms with Crippen LogP contribution in [0.2, 0.25) is 0 Å². The van der Waals surface area contributed by atoms with Crippen molar-refractivity contribution < 1.29 is 4.79 Å². The molecule has 1 heterocycles. The third-order valence-electron chi connectivity index (χ3n) is 3.54. The van der Waals surface area contributed by atoms with Crippen LogP contribution < -0.4 is 5.32 Å². The van der Waals surface area contributed by atoms with Crippen LogP contribution >= 0.6 is 11.8 Å². The molecule has 1 aromatic carbocycles. The van der Waals surface area contributed by atoms with E-state index < -0.39 is 0 Å². The average Bonchev–Trinajstić information content (AvgIpc) is 3.05. The van der Waals surface area contributed by atoms with Crippen molar-refractivity contribution in [2.45, 2.75) is 43.7 Å². The molecule has 126 valence electrons. The Morgan fingerprint density at radius 2 is 2.17 bits per heavy atom. The van der Waals surface area contributed by atoms with Crippen LogP contribution in [-0.2, 0) is 17.1 Å². The molecule has 0 aliphatic rings. The summed E-state index contributed by atoms with van der Waals surface area (Å²) in [5, 5.41) is 15.5. The van der Waals surface area contributed by atoms with E-state index in [1.165, 1.54) is 5.56 Å². The first-order chi connectivity index (χ1) is 11.7. The monoisotopic (exact) mass is 342 g/mol. The van der Waals surface area contributed by atoms with Crippen LogP contribution in [0.4, 0.5) is 5.69 Å². The largest absolute Gasteiger partial charge is 0.322 e. The lowest BCUT2D eigenvalue weighted by Gasteiger charge is -2.10. The topological polar surface area (TPSA) is 70.7 Å². The summed E-state index contributed by atoms with van der Waals surface area (Å²) in [4.78, 5) is 12.2. The molecule has 0 bridgehead atoms. The van der Waals surface area contributed by atoms with Crippen molar-refractivity contribution in [3.05, 3.63) is 48.3 Å². The standard InChI is InChI=1S/C18H22N4OS/c1-15(24-14-16-8-4-2-5-9-16)18(23)21-17-12-20-22(13-17)11-7-3-6-10-19/h2,4-5,8-9,12-13,15H,3,6-7,11,14H2,1H3,(H,21,23)/t15-/m0/s1. The summed E-state index contributed by atoms with van der Waals surface area (Å²) in [5.74, 6) is 0.799. The second-order valence-electron chi connectivity index (χ2n) is 5.54. The highest BCUT2D eigenvalue weighted by atomic mass is 32.2. The predicted molar refractivity (Wildman–Crippen MR) is 97.5 cm³/mol. The van der Waals surface area contributed by atoms with E-state index >= 15 is 0 Å². The molecule has 1 amide bonds. The summed E-state index contributed by atoms with van der Waals surface area (Å²) in [5.41, 5.74) is 1.93. The zero-order valence-electron chi connectivity index (χ0n) is 13.8. The number of carbonyl (C=O) groups is 1. The third kappa shape index (κ3) is 6.09. The van der Waals surface area contributed by atoms with E-state index in [0.29, 0.717) is 12.1 Å². The molecule has 1 aromatic heterocycles. The number of hydrogen-bond acceptors (Lipinski definition) is 4. The van der Waals surface area contributed by atoms with Crippen LogP contribution in [0.25, 0.3) is 0 Å². The highest BCUT2D eigenvalue weighted by Gasteiger charge is 2.14. The molecule has 5 nitrogen and oxygen atoms in total. The third-order valence-corrected chi connectivity index (χ3v) is 4.75. The quantitative estimate of drug-likeness (QED) is 0.703. The Kier molecular flexibility index (Phi) is 7.37. The first-order valence-electron chi connectivity index (χ1n) is 8.05. The Balaban J connectivity index is 1.75. The molecule has 24 heavy (non-hydrogen) atoms. The lowest BCUT2D eigenvalue weighted by Crippen LogP contribution is -2.22. The molecule has 0 radical (unpaired) electrons. The molecular formula is C18H22N4OS. The molecule has 6 heteroatoms. The normalized spacial score (nSPS) is 11.7. The highest BCUT2D eigenvalue weighted by Crippen LogP contribution is 2.19. The summed E-state index contributed by atoms with van der Waals surface area (Å²) in [7, 11) is 0. The van der Waals surface area contributed by atoms with E-state index in [9.17, 15) is 4.79 Å². The Morgan fingerprint density at radius 3 is 2.92 bits per heavy atom. The number of nitrogens with one attached hydrogen (secondary N) is 1. The number of hydrogen-bond donors (Lipinski definition) is 1. The van der Waals surface area contributed by atoms with E-state index in [2.05, 4.69) is 28.6 Å². The fraction of sp³-hybridized carbons (Fsp3) is 0.389. The molecule has 0 unspecified atom stereocenters. The molecule has 0 spiro atoms. The minimum atomic E-state index is -0.135. The second kappa shape index (κ2) is 9.78. The Morgan fingerprint density at radius 1 is 1.38 bits per heavy atom. The number of unbranched alkanes of at least 4 members (excludes halogenated alkanes) is 2. The molecule has 2 aromatic rings. The lowest BCUT2D eigenvalue weighted by atomic mass is 10.2. The van der Waals surface area contributed by atoms with Gasteiger partial charge in [0.2, 0.25) is 5.91 Å². The number of amides is 1. The number of carbonyl (C=O) groups excluding carboxylic acids is 1. The molecule has 0 aliphatic carbocycles. The number of thioether (sulfide) groups is 1. The smallest absolute Gasteiger partial charge is 0.237 e. The predicted octanol–water partition coefficient (Wildman–Crippen LogP) is 3.84. The van der Waals surface area contributed by atoms with Gasteiger partial charge in [-0.3, -0.25) is 9.48 Å². The van der Waals surface area contributed by atoms with Gasteiger partial charge in [0.25, 0.3) is 0 Å². The van der Waals surface area contributed by atoms with Gasteiger partial charge in [-0.25, -0.2) is 0 Å². The maximum atomic E-state index is 12.2. The van der Waals surface area contributed by atoms with E-state index in [1.807, 2.05) is 31.3 Å². The van der Waals surface area contributed by atoms with Gasteiger partial charge in [0, 0.05) is 24.9 Å². The van der Waals surface area contributed by atoms with Crippen LogP contribution in [0.15, 0.2) is 42.7 Å². The minimum absolute atomic E-state index is 0.0139. The van der Waals surface area contributed by atoms with Crippen LogP contribution in [-0.4, -0.2) is 20.9 Å². The average molecular weight is 342 g/mol. The van der Waals surface area contributed by atoms with E-state index in [0.717, 1.165) is 25.1 Å². The van der Waals surface area contributed by atoms with Gasteiger partial charge in [-0.15, -0.1) is 11.8 Å². The van der Waals surface area contributed by atoms with Crippen molar-refractivity contribution in [3.8, 4) is 6.07 Å². The Bertz CT molecular complexity index is 678. The van der Waals surface area contributed by atoms with Gasteiger partial charge in [-0.1, -0.05) is 30.3 Å². The van der Waals surface area contributed by atoms with Gasteiger partial charge in [0.1, 0.15) is 0 Å². The molecular weight excluding hydrogens is 320 g/mol. The number of nitriles is 1. The van der Waals surface area contributed by atoms with Crippen molar-refractivity contribution in [1.29, 1.82) is 5.26 Å². The van der Waals surface area contributed by atoms with Gasteiger partial charge >= 0.3 is 0 Å². The van der Waals surface area contributed by atoms with Crippen LogP contribution in [0.1, 0.15) is 31.7 Å². The highest BCUT2D eigenvalue weighted by molar-refractivity contribution is 7.99. The summed E-state index contributed by atoms with van der Waals surface area (Å²) in [6.07, 6.45) is 5.84. The summed E-state index contributed by atoms with van der Waals surface area (Å²) in [6.45, 7) is 2.67. The molecule has 0 saturated heterocycles. The van der Waals surface area contributed by atoms with Gasteiger partial charge in [-0.2, -0.15) is 10.4 Å². The number of anilines is 1. The number of aryl methyl sites for hydroxylation is 1. The number of nitrogens with zero attached hydrogens (tertiary/aromatic N) is 3. The van der Waals surface area contributed by atoms with E-state index in [4.69, 9.17) is 5.26 Å². The van der Waals surface area contributed by atoms with Crippen molar-refractivity contribution >= 4 is 23.4 Å². The van der Waals surface area contributed by atoms with Gasteiger partial charge in [-0.05, 0) is 25.3 Å². The van der Waals surface area contributed by atoms with Crippen molar-refractivity contribution in [2.24, 2.45) is 0 Å². The molecule has 0 aliphatic heterocycles. The SMILES string of the molecule is C[C@H](SCc1ccccc1)C(=O)Nc1cnn(CCCCC#N)c1. The first kappa shape index (κ1) is 18.1. The van der Waals surface area contributed by atoms with Crippen molar-refractivity contribution in [1.82, 2.24) is 9.78 Å². The Hall–Kier alpha value is -2.26. The Labute approximate surface area is 147 Å². The number of rotatable bonds is 9. The van der Waals surface area contributed by atoms with Crippen LogP contribution in [0.5, 0.6) is 0 Å². The summed E-state index contributed by atoms with van der Waals surface area (Å²) >= 11 is 1.61. The second-order valence-corrected chi connectivity index (χ2v) is 6.86. The van der Waals surface area contributed by atoms with Gasteiger partial charge in [0.15, 0.2) is 0 Å². The number of aromatic nitrogens is 2. The maximum absolute atomic E-state index is 12.2. The van der Waals surface area contributed by atoms with Crippen LogP contribution in [0.3, 0.4) is 0 Å². The van der Waals surface area contributed by atoms with Gasteiger partial charge < -0.3 is 5.32 Å². The minimum Gasteiger partial charge on any atom is -0.322 e. The van der Waals surface area contributed by atoms with E-state index in [-0.39, 0.29) is 11.2 Å². The molecule has 1 atom stereocenters. The first-order valence-corrected chi connectivity index (χ1v) is 9.09. The van der Waals surface area contributed by atoms with Crippen molar-refractivity contribution in [3.63, 3.8) is 0 Å². The zero-order valence-corrected chi connectivity index (χ0v) is 14.6. The zero-order chi connectivity index (χ0) is 17.2. The van der Waals surface area contributed by atoms with Crippen molar-refractivity contribution in [2.75, 3.05) is 5.32 Å². The lowest BCUT2D eigenvalue weighted by molar-refractivity contribution is -0.115. The molecule has 2 rings (SSSR count). The molecule has 0 saturated carbocycles. The summed E-state index contributed by atoms with van der Waals surface area (Å²) < 4.78 is 1.80. The maximum Gasteiger partial charge on any atom is 0.237 e. The molecule has 1 N–H and O–H groups in total. The molecule has 0 fully saturated rings. The summed E-state index contributed by atoms with van der Waals surface area (Å²) in [6, 6.07) is 12.3. The van der Waals surface area contributed by atoms with E-state index in [1.54, 1.807) is 22.6 Å². The van der Waals surface area contributed by atoms with Gasteiger partial charge in [0.05, 0.1) is 23.2 Å². The fourth-order valence-electron chi connectivity index (χ4n) is 2.14. The number of benzene rings is 1.